The maximum absolute atomic E-state index is 10.2. The third-order valence-electron chi connectivity index (χ3n) is 6.42. The molecule has 2 fully saturated rings. The minimum absolute atomic E-state index is 0.0774. The third-order valence-corrected chi connectivity index (χ3v) is 6.42. The maximum Gasteiger partial charge on any atom is 0.121 e. The highest BCUT2D eigenvalue weighted by Crippen LogP contribution is 2.66. The standard InChI is InChI=1S/C30H42O2/c1-23(2)13-11-16-24(3)14-9-10-15-25(4)17-12-18-26(5)19-20-30-28(6,7)21-27(31)22-29(30,8)32-30/h9-20,27,31H,21-22H2,1-8H3/b10-9+,16-11+,17-12+,20-19+,24-14+,25-15+,26-18-/t27-,29+,30-/m0/s1. The molecule has 0 bridgehead atoms. The predicted molar refractivity (Wildman–Crippen MR) is 139 cm³/mol. The maximum atomic E-state index is 10.2. The molecular weight excluding hydrogens is 392 g/mol. The Morgan fingerprint density at radius 2 is 1.22 bits per heavy atom. The summed E-state index contributed by atoms with van der Waals surface area (Å²) in [6.07, 6.45) is 26.5. The number of rotatable bonds is 8. The third kappa shape index (κ3) is 6.67. The van der Waals surface area contributed by atoms with E-state index in [1.54, 1.807) is 0 Å². The molecule has 2 nitrogen and oxygen atoms in total. The summed E-state index contributed by atoms with van der Waals surface area (Å²) in [5.41, 5.74) is 4.29. The Labute approximate surface area is 196 Å². The van der Waals surface area contributed by atoms with Gasteiger partial charge in [0.2, 0.25) is 0 Å². The zero-order valence-electron chi connectivity index (χ0n) is 21.3. The Hall–Kier alpha value is -2.16. The lowest BCUT2D eigenvalue weighted by atomic mass is 9.63. The molecule has 1 N–H and O–H groups in total. The smallest absolute Gasteiger partial charge is 0.121 e. The SMILES string of the molecule is CC(C)=C/C=C/C(C)=C/C=C/C=C(C)/C=C/C=C(C)\C=C\[C@@]12O[C@]1(C)C[C@@H](O)CC2(C)C. The molecular formula is C30H42O2. The molecule has 1 heterocycles. The molecule has 2 heteroatoms. The van der Waals surface area contributed by atoms with Gasteiger partial charge in [-0.05, 0) is 54.0 Å². The highest BCUT2D eigenvalue weighted by atomic mass is 16.6. The average molecular weight is 435 g/mol. The molecule has 0 aromatic carbocycles. The normalized spacial score (nSPS) is 31.2. The zero-order valence-corrected chi connectivity index (χ0v) is 21.3. The van der Waals surface area contributed by atoms with Gasteiger partial charge >= 0.3 is 0 Å². The van der Waals surface area contributed by atoms with Gasteiger partial charge in [0.1, 0.15) is 11.2 Å². The number of fused-ring (bicyclic) bond motifs is 1. The summed E-state index contributed by atoms with van der Waals surface area (Å²) < 4.78 is 6.21. The summed E-state index contributed by atoms with van der Waals surface area (Å²) >= 11 is 0. The number of hydrogen-bond acceptors (Lipinski definition) is 2. The van der Waals surface area contributed by atoms with E-state index in [9.17, 15) is 5.11 Å². The van der Waals surface area contributed by atoms with Crippen LogP contribution in [0.1, 0.15) is 68.2 Å². The lowest BCUT2D eigenvalue weighted by molar-refractivity contribution is 0.0515. The van der Waals surface area contributed by atoms with Crippen LogP contribution in [0.5, 0.6) is 0 Å². The van der Waals surface area contributed by atoms with Crippen LogP contribution in [-0.2, 0) is 4.74 Å². The van der Waals surface area contributed by atoms with Crippen molar-refractivity contribution < 1.29 is 9.84 Å². The molecule has 32 heavy (non-hydrogen) atoms. The molecule has 1 saturated heterocycles. The summed E-state index contributed by atoms with van der Waals surface area (Å²) in [6, 6.07) is 0. The van der Waals surface area contributed by atoms with Crippen LogP contribution in [-0.4, -0.2) is 22.4 Å². The van der Waals surface area contributed by atoms with Crippen LogP contribution >= 0.6 is 0 Å². The summed E-state index contributed by atoms with van der Waals surface area (Å²) in [5.74, 6) is 0. The van der Waals surface area contributed by atoms with Gasteiger partial charge in [0.15, 0.2) is 0 Å². The second kappa shape index (κ2) is 10.6. The van der Waals surface area contributed by atoms with Crippen LogP contribution in [0.2, 0.25) is 0 Å². The van der Waals surface area contributed by atoms with Gasteiger partial charge in [0, 0.05) is 11.8 Å². The van der Waals surface area contributed by atoms with Crippen LogP contribution in [0.3, 0.4) is 0 Å². The van der Waals surface area contributed by atoms with E-state index in [0.29, 0.717) is 6.42 Å². The predicted octanol–water partition coefficient (Wildman–Crippen LogP) is 7.72. The van der Waals surface area contributed by atoms with Crippen LogP contribution in [0, 0.1) is 5.41 Å². The minimum Gasteiger partial charge on any atom is -0.393 e. The highest BCUT2D eigenvalue weighted by molar-refractivity contribution is 5.36. The Morgan fingerprint density at radius 1 is 0.719 bits per heavy atom. The first-order chi connectivity index (χ1) is 14.9. The van der Waals surface area contributed by atoms with Gasteiger partial charge in [-0.25, -0.2) is 0 Å². The van der Waals surface area contributed by atoms with E-state index in [1.165, 1.54) is 22.3 Å². The van der Waals surface area contributed by atoms with Crippen LogP contribution in [0.15, 0.2) is 95.2 Å². The van der Waals surface area contributed by atoms with Gasteiger partial charge < -0.3 is 9.84 Å². The molecule has 1 aliphatic heterocycles. The van der Waals surface area contributed by atoms with E-state index in [-0.39, 0.29) is 22.7 Å². The van der Waals surface area contributed by atoms with Gasteiger partial charge in [0.05, 0.1) is 6.10 Å². The monoisotopic (exact) mass is 434 g/mol. The van der Waals surface area contributed by atoms with E-state index in [0.717, 1.165) is 6.42 Å². The summed E-state index contributed by atoms with van der Waals surface area (Å²) in [4.78, 5) is 0. The summed E-state index contributed by atoms with van der Waals surface area (Å²) in [6.45, 7) is 17.0. The molecule has 2 aliphatic rings. The van der Waals surface area contributed by atoms with Crippen LogP contribution in [0.4, 0.5) is 0 Å². The number of epoxide rings is 1. The topological polar surface area (TPSA) is 32.8 Å². The Balaban J connectivity index is 1.93. The van der Waals surface area contributed by atoms with Crippen molar-refractivity contribution >= 4 is 0 Å². The quantitative estimate of drug-likeness (QED) is 0.313. The van der Waals surface area contributed by atoms with Crippen molar-refractivity contribution in [2.45, 2.75) is 85.5 Å². The van der Waals surface area contributed by atoms with Crippen LogP contribution in [0.25, 0.3) is 0 Å². The van der Waals surface area contributed by atoms with Gasteiger partial charge in [0.25, 0.3) is 0 Å². The van der Waals surface area contributed by atoms with Crippen LogP contribution < -0.4 is 0 Å². The van der Waals surface area contributed by atoms with Gasteiger partial charge in [-0.15, -0.1) is 0 Å². The van der Waals surface area contributed by atoms with Crippen molar-refractivity contribution in [1.82, 2.24) is 0 Å². The van der Waals surface area contributed by atoms with Gasteiger partial charge in [-0.1, -0.05) is 103 Å². The molecule has 0 aromatic rings. The number of hydrogen-bond donors (Lipinski definition) is 1. The second-order valence-corrected chi connectivity index (χ2v) is 10.4. The Kier molecular flexibility index (Phi) is 8.67. The van der Waals surface area contributed by atoms with Crippen molar-refractivity contribution in [3.8, 4) is 0 Å². The van der Waals surface area contributed by atoms with E-state index >= 15 is 0 Å². The summed E-state index contributed by atoms with van der Waals surface area (Å²) in [5, 5.41) is 10.2. The lowest BCUT2D eigenvalue weighted by Crippen LogP contribution is -2.46. The molecule has 1 aliphatic carbocycles. The molecule has 0 aromatic heterocycles. The fraction of sp³-hybridized carbons (Fsp3) is 0.467. The molecule has 0 unspecified atom stereocenters. The highest BCUT2D eigenvalue weighted by Gasteiger charge is 2.74. The fourth-order valence-corrected chi connectivity index (χ4v) is 4.65. The van der Waals surface area contributed by atoms with E-state index in [2.05, 4.69) is 128 Å². The van der Waals surface area contributed by atoms with Gasteiger partial charge in [-0.2, -0.15) is 0 Å². The molecule has 174 valence electrons. The van der Waals surface area contributed by atoms with Crippen molar-refractivity contribution in [3.05, 3.63) is 95.2 Å². The Morgan fingerprint density at radius 3 is 1.75 bits per heavy atom. The minimum atomic E-state index is -0.277. The van der Waals surface area contributed by atoms with Gasteiger partial charge in [-0.3, -0.25) is 0 Å². The second-order valence-electron chi connectivity index (χ2n) is 10.4. The van der Waals surface area contributed by atoms with Crippen molar-refractivity contribution in [3.63, 3.8) is 0 Å². The molecule has 2 rings (SSSR count). The first-order valence-corrected chi connectivity index (χ1v) is 11.7. The number of ether oxygens (including phenoxy) is 1. The van der Waals surface area contributed by atoms with E-state index in [1.807, 2.05) is 0 Å². The lowest BCUT2D eigenvalue weighted by Gasteiger charge is -2.39. The zero-order chi connectivity index (χ0) is 24.0. The van der Waals surface area contributed by atoms with Crippen molar-refractivity contribution in [2.24, 2.45) is 5.41 Å². The Bertz CT molecular complexity index is 912. The molecule has 1 saturated carbocycles. The molecule has 3 atom stereocenters. The first kappa shape index (κ1) is 26.1. The molecule has 0 spiro atoms. The summed E-state index contributed by atoms with van der Waals surface area (Å²) in [7, 11) is 0. The molecule has 0 radical (unpaired) electrons. The largest absolute Gasteiger partial charge is 0.393 e. The number of aliphatic hydroxyl groups is 1. The fourth-order valence-electron chi connectivity index (χ4n) is 4.65. The van der Waals surface area contributed by atoms with Crippen molar-refractivity contribution in [2.75, 3.05) is 0 Å². The number of allylic oxidation sites excluding steroid dienone is 15. The first-order valence-electron chi connectivity index (χ1n) is 11.7. The van der Waals surface area contributed by atoms with E-state index in [4.69, 9.17) is 4.74 Å². The molecule has 0 amide bonds. The average Bonchev–Trinajstić information content (AvgIpc) is 3.29. The van der Waals surface area contributed by atoms with Crippen molar-refractivity contribution in [1.29, 1.82) is 0 Å². The van der Waals surface area contributed by atoms with E-state index < -0.39 is 0 Å². The number of aliphatic hydroxyl groups excluding tert-OH is 1.